The summed E-state index contributed by atoms with van der Waals surface area (Å²) in [5, 5.41) is 5.92. The molecule has 172 valence electrons. The highest BCUT2D eigenvalue weighted by molar-refractivity contribution is 7.08. The van der Waals surface area contributed by atoms with Gasteiger partial charge in [0, 0.05) is 32.8 Å². The summed E-state index contributed by atoms with van der Waals surface area (Å²) in [5.41, 5.74) is -1.99. The number of amides is 1. The molecular weight excluding hydrogens is 448 g/mol. The van der Waals surface area contributed by atoms with Gasteiger partial charge in [-0.2, -0.15) is 37.7 Å². The van der Waals surface area contributed by atoms with Gasteiger partial charge in [-0.3, -0.25) is 4.79 Å². The van der Waals surface area contributed by atoms with Gasteiger partial charge < -0.3 is 14.8 Å². The zero-order chi connectivity index (χ0) is 23.2. The third-order valence-electron chi connectivity index (χ3n) is 4.62. The molecule has 1 aromatic rings. The Morgan fingerprint density at radius 1 is 1.13 bits per heavy atom. The van der Waals surface area contributed by atoms with Gasteiger partial charge in [0.25, 0.3) is 0 Å². The molecular formula is C20H21F6NO3S. The standard InChI is InChI=1S/C20H21F6NO3S/c1-29-17(30-2)9-16(13-5-6-31-11-13)18(28)27-10-12-7-14(19(21,22)23)3-4-15(8-12)20(24,25)26/h3,5-8,11,16-17H,4,9-10H2,1-2H3,(H,27,28). The van der Waals surface area contributed by atoms with Gasteiger partial charge in [-0.05, 0) is 46.5 Å². The Morgan fingerprint density at radius 3 is 2.32 bits per heavy atom. The van der Waals surface area contributed by atoms with Gasteiger partial charge in [0.15, 0.2) is 6.29 Å². The molecule has 4 nitrogen and oxygen atoms in total. The van der Waals surface area contributed by atoms with Crippen LogP contribution in [-0.4, -0.2) is 45.3 Å². The molecule has 0 aromatic carbocycles. The first-order valence-corrected chi connectivity index (χ1v) is 10.0. The number of hydrogen-bond donors (Lipinski definition) is 1. The molecule has 0 saturated heterocycles. The van der Waals surface area contributed by atoms with Crippen LogP contribution in [0.15, 0.2) is 51.8 Å². The number of ether oxygens (including phenoxy) is 2. The van der Waals surface area contributed by atoms with E-state index in [-0.39, 0.29) is 12.0 Å². The molecule has 0 spiro atoms. The van der Waals surface area contributed by atoms with Crippen molar-refractivity contribution >= 4 is 17.2 Å². The summed E-state index contributed by atoms with van der Waals surface area (Å²) in [6, 6.07) is 1.70. The minimum atomic E-state index is -4.81. The summed E-state index contributed by atoms with van der Waals surface area (Å²) in [5.74, 6) is -1.33. The number of alkyl halides is 6. The quantitative estimate of drug-likeness (QED) is 0.417. The molecule has 0 bridgehead atoms. The van der Waals surface area contributed by atoms with Crippen molar-refractivity contribution in [2.45, 2.75) is 37.4 Å². The maximum atomic E-state index is 13.1. The van der Waals surface area contributed by atoms with Crippen LogP contribution in [0.2, 0.25) is 0 Å². The van der Waals surface area contributed by atoms with Crippen molar-refractivity contribution in [2.75, 3.05) is 20.8 Å². The van der Waals surface area contributed by atoms with Gasteiger partial charge >= 0.3 is 12.4 Å². The van der Waals surface area contributed by atoms with E-state index in [0.29, 0.717) is 23.8 Å². The second-order valence-corrected chi connectivity index (χ2v) is 7.49. The number of thiophene rings is 1. The van der Waals surface area contributed by atoms with E-state index in [1.54, 1.807) is 16.8 Å². The van der Waals surface area contributed by atoms with Gasteiger partial charge in [-0.25, -0.2) is 0 Å². The first-order chi connectivity index (χ1) is 14.5. The highest BCUT2D eigenvalue weighted by Gasteiger charge is 2.37. The van der Waals surface area contributed by atoms with Crippen LogP contribution in [0.4, 0.5) is 26.3 Å². The van der Waals surface area contributed by atoms with Crippen molar-refractivity contribution in [3.8, 4) is 0 Å². The zero-order valence-electron chi connectivity index (χ0n) is 16.6. The molecule has 1 heterocycles. The molecule has 0 fully saturated rings. The van der Waals surface area contributed by atoms with E-state index in [0.717, 1.165) is 0 Å². The average molecular weight is 469 g/mol. The Balaban J connectivity index is 2.24. The van der Waals surface area contributed by atoms with Crippen LogP contribution < -0.4 is 5.32 Å². The third-order valence-corrected chi connectivity index (χ3v) is 5.32. The largest absolute Gasteiger partial charge is 0.416 e. The van der Waals surface area contributed by atoms with Crippen molar-refractivity contribution in [1.29, 1.82) is 0 Å². The fourth-order valence-corrected chi connectivity index (χ4v) is 3.68. The Bertz CT molecular complexity index is 836. The molecule has 1 N–H and O–H groups in total. The lowest BCUT2D eigenvalue weighted by Gasteiger charge is -2.21. The van der Waals surface area contributed by atoms with Crippen LogP contribution in [0.5, 0.6) is 0 Å². The van der Waals surface area contributed by atoms with Gasteiger partial charge in [0.2, 0.25) is 5.91 Å². The van der Waals surface area contributed by atoms with Crippen LogP contribution >= 0.6 is 11.3 Å². The molecule has 1 unspecified atom stereocenters. The molecule has 1 aliphatic carbocycles. The van der Waals surface area contributed by atoms with Crippen LogP contribution in [0, 0.1) is 0 Å². The molecule has 1 aliphatic rings. The van der Waals surface area contributed by atoms with E-state index in [1.807, 2.05) is 0 Å². The van der Waals surface area contributed by atoms with Crippen molar-refractivity contribution in [2.24, 2.45) is 0 Å². The number of rotatable bonds is 8. The summed E-state index contributed by atoms with van der Waals surface area (Å²) in [7, 11) is 2.78. The average Bonchev–Trinajstić information content (AvgIpc) is 3.10. The number of carbonyl (C=O) groups excluding carboxylic acids is 1. The Kier molecular flexibility index (Phi) is 8.49. The monoisotopic (exact) mass is 469 g/mol. The normalized spacial score (nSPS) is 16.4. The van der Waals surface area contributed by atoms with Crippen LogP contribution in [0.25, 0.3) is 0 Å². The van der Waals surface area contributed by atoms with Crippen molar-refractivity contribution in [3.05, 3.63) is 57.3 Å². The highest BCUT2D eigenvalue weighted by atomic mass is 32.1. The minimum Gasteiger partial charge on any atom is -0.356 e. The lowest BCUT2D eigenvalue weighted by molar-refractivity contribution is -0.131. The molecule has 0 radical (unpaired) electrons. The summed E-state index contributed by atoms with van der Waals surface area (Å²) in [6.07, 6.45) is -9.36. The molecule has 1 atom stereocenters. The number of nitrogens with one attached hydrogen (secondary N) is 1. The smallest absolute Gasteiger partial charge is 0.356 e. The Labute approximate surface area is 179 Å². The molecule has 1 aromatic heterocycles. The molecule has 2 rings (SSSR count). The predicted octanol–water partition coefficient (Wildman–Crippen LogP) is 5.26. The third kappa shape index (κ3) is 7.22. The maximum Gasteiger partial charge on any atom is 0.416 e. The second-order valence-electron chi connectivity index (χ2n) is 6.71. The van der Waals surface area contributed by atoms with Crippen LogP contribution in [0.1, 0.15) is 24.3 Å². The number of methoxy groups -OCH3 is 2. The van der Waals surface area contributed by atoms with E-state index in [2.05, 4.69) is 5.32 Å². The fraction of sp³-hybridized carbons (Fsp3) is 0.450. The van der Waals surface area contributed by atoms with Crippen molar-refractivity contribution < 1.29 is 40.6 Å². The molecule has 0 saturated carbocycles. The van der Waals surface area contributed by atoms with Gasteiger partial charge in [0.1, 0.15) is 0 Å². The lowest BCUT2D eigenvalue weighted by atomic mass is 9.97. The topological polar surface area (TPSA) is 47.6 Å². The molecule has 1 amide bonds. The zero-order valence-corrected chi connectivity index (χ0v) is 17.5. The van der Waals surface area contributed by atoms with E-state index < -0.39 is 54.6 Å². The number of hydrogen-bond acceptors (Lipinski definition) is 4. The van der Waals surface area contributed by atoms with E-state index in [1.165, 1.54) is 25.6 Å². The molecule has 11 heteroatoms. The van der Waals surface area contributed by atoms with Crippen LogP contribution in [0.3, 0.4) is 0 Å². The molecule has 31 heavy (non-hydrogen) atoms. The first kappa shape index (κ1) is 25.2. The lowest BCUT2D eigenvalue weighted by Crippen LogP contribution is -2.33. The van der Waals surface area contributed by atoms with Gasteiger partial charge in [-0.1, -0.05) is 6.08 Å². The summed E-state index contributed by atoms with van der Waals surface area (Å²) < 4.78 is 89.0. The number of halogens is 6. The van der Waals surface area contributed by atoms with E-state index >= 15 is 0 Å². The molecule has 0 aliphatic heterocycles. The highest BCUT2D eigenvalue weighted by Crippen LogP contribution is 2.36. The Morgan fingerprint density at radius 2 is 1.81 bits per heavy atom. The summed E-state index contributed by atoms with van der Waals surface area (Å²) >= 11 is 1.34. The Hall–Kier alpha value is -2.11. The fourth-order valence-electron chi connectivity index (χ4n) is 2.96. The van der Waals surface area contributed by atoms with Crippen LogP contribution in [-0.2, 0) is 14.3 Å². The van der Waals surface area contributed by atoms with Gasteiger partial charge in [-0.15, -0.1) is 0 Å². The summed E-state index contributed by atoms with van der Waals surface area (Å²) in [4.78, 5) is 12.8. The van der Waals surface area contributed by atoms with Gasteiger partial charge in [0.05, 0.1) is 11.5 Å². The van der Waals surface area contributed by atoms with E-state index in [4.69, 9.17) is 9.47 Å². The SMILES string of the molecule is COC(CC(C(=O)NCC1=CC(C(F)(F)F)=CCC(C(F)(F)F)=C1)c1ccsc1)OC. The first-order valence-electron chi connectivity index (χ1n) is 9.06. The second kappa shape index (κ2) is 10.5. The predicted molar refractivity (Wildman–Crippen MR) is 103 cm³/mol. The number of carbonyl (C=O) groups is 1. The minimum absolute atomic E-state index is 0.117. The maximum absolute atomic E-state index is 13.1. The number of allylic oxidation sites excluding steroid dienone is 4. The van der Waals surface area contributed by atoms with E-state index in [9.17, 15) is 31.1 Å². The van der Waals surface area contributed by atoms with Crippen molar-refractivity contribution in [1.82, 2.24) is 5.32 Å². The summed E-state index contributed by atoms with van der Waals surface area (Å²) in [6.45, 7) is -0.503. The van der Waals surface area contributed by atoms with Crippen molar-refractivity contribution in [3.63, 3.8) is 0 Å².